The van der Waals surface area contributed by atoms with Crippen molar-refractivity contribution in [3.63, 3.8) is 0 Å². The summed E-state index contributed by atoms with van der Waals surface area (Å²) in [5, 5.41) is 22.4. The molecule has 0 aliphatic carbocycles. The number of amides is 1. The monoisotopic (exact) mass is 517 g/mol. The Balaban J connectivity index is 2.24. The summed E-state index contributed by atoms with van der Waals surface area (Å²) in [5.41, 5.74) is 1.04. The van der Waals surface area contributed by atoms with Crippen LogP contribution in [-0.4, -0.2) is 41.9 Å². The number of phenols is 1. The number of hydrogen-bond acceptors (Lipinski definition) is 6. The van der Waals surface area contributed by atoms with Crippen LogP contribution in [0.25, 0.3) is 0 Å². The van der Waals surface area contributed by atoms with Gasteiger partial charge < -0.3 is 19.7 Å². The number of aliphatic hydroxyl groups excluding tert-OH is 1. The molecule has 0 unspecified atom stereocenters. The molecule has 0 aliphatic rings. The van der Waals surface area contributed by atoms with Crippen LogP contribution in [-0.2, 0) is 9.47 Å². The molecular weight excluding hydrogens is 493 g/mol. The van der Waals surface area contributed by atoms with Crippen molar-refractivity contribution in [3.05, 3.63) is 51.6 Å². The Kier molecular flexibility index (Phi) is 9.36. The number of halogens is 1. The molecule has 2 aromatic carbocycles. The number of carbonyl (C=O) groups is 1. The summed E-state index contributed by atoms with van der Waals surface area (Å²) in [5.74, 6) is 0.00480. The molecule has 0 fully saturated rings. The highest BCUT2D eigenvalue weighted by molar-refractivity contribution is 14.1. The molecule has 1 amide bonds. The van der Waals surface area contributed by atoms with E-state index in [9.17, 15) is 15.0 Å². The maximum absolute atomic E-state index is 12.5. The van der Waals surface area contributed by atoms with E-state index in [1.807, 2.05) is 25.3 Å². The molecule has 6 nitrogen and oxygen atoms in total. The van der Waals surface area contributed by atoms with Crippen molar-refractivity contribution in [1.82, 2.24) is 0 Å². The molecule has 3 N–H and O–H groups in total. The van der Waals surface area contributed by atoms with E-state index >= 15 is 0 Å². The van der Waals surface area contributed by atoms with Crippen LogP contribution in [0.3, 0.4) is 0 Å². The molecule has 2 atom stereocenters. The Bertz CT molecular complexity index is 766. The summed E-state index contributed by atoms with van der Waals surface area (Å²) in [6.07, 6.45) is 0.113. The second-order valence-corrected chi connectivity index (χ2v) is 8.01. The lowest BCUT2D eigenvalue weighted by Gasteiger charge is -2.27. The van der Waals surface area contributed by atoms with Gasteiger partial charge in [0.2, 0.25) is 0 Å². The zero-order chi connectivity index (χ0) is 20.5. The molecule has 0 aromatic heterocycles. The van der Waals surface area contributed by atoms with Crippen LogP contribution in [0.2, 0.25) is 0 Å². The molecule has 0 saturated heterocycles. The largest absolute Gasteiger partial charge is 0.508 e. The lowest BCUT2D eigenvalue weighted by atomic mass is 10.0. The van der Waals surface area contributed by atoms with Crippen LogP contribution >= 0.6 is 34.4 Å². The molecular formula is C20H24INO5S. The number of nitrogens with one attached hydrogen (secondary N) is 1. The molecule has 0 radical (unpaired) electrons. The Morgan fingerprint density at radius 2 is 1.96 bits per heavy atom. The van der Waals surface area contributed by atoms with Gasteiger partial charge in [0.25, 0.3) is 0 Å². The number of rotatable bonds is 9. The first-order valence-corrected chi connectivity index (χ1v) is 11.1. The van der Waals surface area contributed by atoms with E-state index in [-0.39, 0.29) is 18.8 Å². The number of aliphatic hydroxyl groups is 1. The summed E-state index contributed by atoms with van der Waals surface area (Å²) in [7, 11) is 0. The van der Waals surface area contributed by atoms with Crippen LogP contribution in [0.4, 0.5) is 10.5 Å². The SMILES string of the molecule is CCO[C@H](CCO)[C@H](OC(=O)Nc1ccc(SC)cc1)c1cc(I)ccc1O. The Morgan fingerprint density at radius 3 is 2.57 bits per heavy atom. The maximum Gasteiger partial charge on any atom is 0.412 e. The zero-order valence-corrected chi connectivity index (χ0v) is 18.7. The van der Waals surface area contributed by atoms with Crippen LogP contribution in [0.15, 0.2) is 47.4 Å². The van der Waals surface area contributed by atoms with Crippen molar-refractivity contribution in [2.45, 2.75) is 30.4 Å². The highest BCUT2D eigenvalue weighted by atomic mass is 127. The number of ether oxygens (including phenoxy) is 2. The molecule has 0 spiro atoms. The molecule has 2 rings (SSSR count). The first-order valence-electron chi connectivity index (χ1n) is 8.81. The summed E-state index contributed by atoms with van der Waals surface area (Å²) in [6, 6.07) is 12.4. The fourth-order valence-corrected chi connectivity index (χ4v) is 3.62. The number of aromatic hydroxyl groups is 1. The van der Waals surface area contributed by atoms with E-state index in [0.717, 1.165) is 8.47 Å². The first-order chi connectivity index (χ1) is 13.5. The van der Waals surface area contributed by atoms with E-state index in [4.69, 9.17) is 9.47 Å². The minimum absolute atomic E-state index is 0.00480. The van der Waals surface area contributed by atoms with E-state index in [0.29, 0.717) is 17.9 Å². The van der Waals surface area contributed by atoms with Gasteiger partial charge in [-0.2, -0.15) is 0 Å². The lowest BCUT2D eigenvalue weighted by Crippen LogP contribution is -2.30. The van der Waals surface area contributed by atoms with Gasteiger partial charge in [-0.3, -0.25) is 5.32 Å². The van der Waals surface area contributed by atoms with Gasteiger partial charge in [-0.1, -0.05) is 0 Å². The van der Waals surface area contributed by atoms with Crippen LogP contribution < -0.4 is 5.32 Å². The minimum atomic E-state index is -0.868. The minimum Gasteiger partial charge on any atom is -0.508 e. The van der Waals surface area contributed by atoms with Crippen molar-refractivity contribution in [2.75, 3.05) is 24.8 Å². The normalized spacial score (nSPS) is 13.0. The van der Waals surface area contributed by atoms with Crippen molar-refractivity contribution in [3.8, 4) is 5.75 Å². The van der Waals surface area contributed by atoms with Gasteiger partial charge in [0.05, 0.1) is 0 Å². The second-order valence-electron chi connectivity index (χ2n) is 5.89. The predicted octanol–water partition coefficient (Wildman–Crippen LogP) is 4.80. The van der Waals surface area contributed by atoms with Crippen molar-refractivity contribution in [1.29, 1.82) is 0 Å². The number of phenolic OH excluding ortho intramolecular Hbond substituents is 1. The van der Waals surface area contributed by atoms with Gasteiger partial charge in [-0.05, 0) is 78.2 Å². The van der Waals surface area contributed by atoms with Gasteiger partial charge in [0.15, 0.2) is 6.10 Å². The highest BCUT2D eigenvalue weighted by Crippen LogP contribution is 2.34. The van der Waals surface area contributed by atoms with Gasteiger partial charge in [-0.25, -0.2) is 4.79 Å². The lowest BCUT2D eigenvalue weighted by molar-refractivity contribution is -0.0491. The summed E-state index contributed by atoms with van der Waals surface area (Å²) in [4.78, 5) is 13.6. The van der Waals surface area contributed by atoms with Crippen molar-refractivity contribution >= 4 is 46.1 Å². The van der Waals surface area contributed by atoms with E-state index in [1.165, 1.54) is 0 Å². The fourth-order valence-electron chi connectivity index (χ4n) is 2.69. The summed E-state index contributed by atoms with van der Waals surface area (Å²) >= 11 is 3.73. The second kappa shape index (κ2) is 11.5. The van der Waals surface area contributed by atoms with E-state index in [2.05, 4.69) is 27.9 Å². The first kappa shape index (κ1) is 22.8. The highest BCUT2D eigenvalue weighted by Gasteiger charge is 2.30. The number of anilines is 1. The standard InChI is InChI=1S/C20H24INO5S/c1-3-26-18(10-11-23)19(16-12-13(21)4-9-17(16)24)27-20(25)22-14-5-7-15(28-2)8-6-14/h4-9,12,18-19,23-24H,3,10-11H2,1-2H3,(H,22,25)/t18-,19-/m1/s1. The molecule has 8 heteroatoms. The Hall–Kier alpha value is -1.49. The van der Waals surface area contributed by atoms with Crippen molar-refractivity contribution < 1.29 is 24.5 Å². The topological polar surface area (TPSA) is 88.0 Å². The Morgan fingerprint density at radius 1 is 1.25 bits per heavy atom. The Labute approximate surface area is 182 Å². The maximum atomic E-state index is 12.5. The summed E-state index contributed by atoms with van der Waals surface area (Å²) in [6.45, 7) is 2.07. The molecule has 152 valence electrons. The van der Waals surface area contributed by atoms with Gasteiger partial charge >= 0.3 is 6.09 Å². The third kappa shape index (κ3) is 6.54. The van der Waals surface area contributed by atoms with Crippen LogP contribution in [0.5, 0.6) is 5.75 Å². The fraction of sp³-hybridized carbons (Fsp3) is 0.350. The zero-order valence-electron chi connectivity index (χ0n) is 15.7. The predicted molar refractivity (Wildman–Crippen MR) is 119 cm³/mol. The van der Waals surface area contributed by atoms with Gasteiger partial charge in [0, 0.05) is 39.4 Å². The van der Waals surface area contributed by atoms with E-state index < -0.39 is 18.3 Å². The number of hydrogen-bond donors (Lipinski definition) is 3. The van der Waals surface area contributed by atoms with E-state index in [1.54, 1.807) is 42.1 Å². The third-order valence-corrected chi connectivity index (χ3v) is 5.41. The summed E-state index contributed by atoms with van der Waals surface area (Å²) < 4.78 is 12.2. The molecule has 0 aliphatic heterocycles. The molecule has 2 aromatic rings. The van der Waals surface area contributed by atoms with Gasteiger partial charge in [-0.15, -0.1) is 11.8 Å². The molecule has 0 heterocycles. The molecule has 28 heavy (non-hydrogen) atoms. The third-order valence-electron chi connectivity index (χ3n) is 4.00. The van der Waals surface area contributed by atoms with Gasteiger partial charge in [0.1, 0.15) is 11.9 Å². The number of carbonyl (C=O) groups excluding carboxylic acids is 1. The van der Waals surface area contributed by atoms with Crippen LogP contribution in [0, 0.1) is 3.57 Å². The average Bonchev–Trinajstić information content (AvgIpc) is 2.68. The number of benzene rings is 2. The number of thioether (sulfide) groups is 1. The molecule has 0 bridgehead atoms. The van der Waals surface area contributed by atoms with Crippen LogP contribution in [0.1, 0.15) is 25.0 Å². The quantitative estimate of drug-likeness (QED) is 0.328. The van der Waals surface area contributed by atoms with Crippen molar-refractivity contribution in [2.24, 2.45) is 0 Å². The average molecular weight is 517 g/mol. The molecule has 0 saturated carbocycles. The smallest absolute Gasteiger partial charge is 0.412 e.